The first-order chi connectivity index (χ1) is 10.1. The third-order valence-electron chi connectivity index (χ3n) is 2.63. The highest BCUT2D eigenvalue weighted by Gasteiger charge is 2.06. The fourth-order valence-electron chi connectivity index (χ4n) is 1.64. The van der Waals surface area contributed by atoms with E-state index in [1.165, 1.54) is 11.8 Å². The summed E-state index contributed by atoms with van der Waals surface area (Å²) in [6.07, 6.45) is 0. The number of amides is 1. The molecule has 0 aliphatic heterocycles. The third-order valence-corrected chi connectivity index (χ3v) is 4.71. The Morgan fingerprint density at radius 1 is 1.00 bits per heavy atom. The van der Waals surface area contributed by atoms with Crippen molar-refractivity contribution in [1.29, 1.82) is 0 Å². The summed E-state index contributed by atoms with van der Waals surface area (Å²) in [5.41, 5.74) is 1.65. The molecular weight excluding hydrogens is 349 g/mol. The van der Waals surface area contributed by atoms with Crippen LogP contribution in [0.15, 0.2) is 42.5 Å². The van der Waals surface area contributed by atoms with Crippen molar-refractivity contribution in [2.75, 3.05) is 11.1 Å². The van der Waals surface area contributed by atoms with Gasteiger partial charge in [-0.2, -0.15) is 0 Å². The lowest BCUT2D eigenvalue weighted by Gasteiger charge is -2.07. The van der Waals surface area contributed by atoms with E-state index in [9.17, 15) is 4.79 Å². The van der Waals surface area contributed by atoms with Gasteiger partial charge >= 0.3 is 0 Å². The average Bonchev–Trinajstić information content (AvgIpc) is 2.45. The second-order valence-electron chi connectivity index (χ2n) is 4.27. The lowest BCUT2D eigenvalue weighted by molar-refractivity contribution is -0.113. The number of para-hydroxylation sites is 1. The highest BCUT2D eigenvalue weighted by Crippen LogP contribution is 2.25. The molecule has 0 atom stereocenters. The molecule has 1 N–H and O–H groups in total. The van der Waals surface area contributed by atoms with Crippen molar-refractivity contribution in [2.24, 2.45) is 0 Å². The standard InChI is InChI=1S/C15H12Cl3NOS/c16-11-6-5-10(7-13(11)18)8-21-9-15(20)19-14-4-2-1-3-12(14)17/h1-7H,8-9H2,(H,19,20). The van der Waals surface area contributed by atoms with Gasteiger partial charge in [-0.05, 0) is 29.8 Å². The van der Waals surface area contributed by atoms with Crippen LogP contribution in [-0.4, -0.2) is 11.7 Å². The zero-order chi connectivity index (χ0) is 15.2. The highest BCUT2D eigenvalue weighted by molar-refractivity contribution is 7.99. The zero-order valence-electron chi connectivity index (χ0n) is 10.9. The Morgan fingerprint density at radius 3 is 2.48 bits per heavy atom. The Hall–Kier alpha value is -0.870. The summed E-state index contributed by atoms with van der Waals surface area (Å²) in [6.45, 7) is 0. The van der Waals surface area contributed by atoms with Crippen molar-refractivity contribution >= 4 is 58.2 Å². The molecule has 6 heteroatoms. The van der Waals surface area contributed by atoms with E-state index in [0.717, 1.165) is 5.56 Å². The number of hydrogen-bond donors (Lipinski definition) is 1. The monoisotopic (exact) mass is 359 g/mol. The smallest absolute Gasteiger partial charge is 0.234 e. The van der Waals surface area contributed by atoms with Gasteiger partial charge in [0.25, 0.3) is 0 Å². The van der Waals surface area contributed by atoms with Crippen LogP contribution in [0.3, 0.4) is 0 Å². The van der Waals surface area contributed by atoms with Crippen LogP contribution in [0.25, 0.3) is 0 Å². The molecule has 0 radical (unpaired) electrons. The molecule has 0 aromatic heterocycles. The minimum absolute atomic E-state index is 0.0897. The van der Waals surface area contributed by atoms with Gasteiger partial charge in [-0.1, -0.05) is 53.0 Å². The molecule has 2 aromatic rings. The minimum Gasteiger partial charge on any atom is -0.324 e. The molecule has 0 spiro atoms. The van der Waals surface area contributed by atoms with Crippen LogP contribution < -0.4 is 5.32 Å². The van der Waals surface area contributed by atoms with Gasteiger partial charge in [0.05, 0.1) is 26.5 Å². The predicted molar refractivity (Wildman–Crippen MR) is 92.7 cm³/mol. The van der Waals surface area contributed by atoms with E-state index < -0.39 is 0 Å². The van der Waals surface area contributed by atoms with E-state index in [4.69, 9.17) is 34.8 Å². The molecule has 0 bridgehead atoms. The highest BCUT2D eigenvalue weighted by atomic mass is 35.5. The summed E-state index contributed by atoms with van der Waals surface area (Å²) in [4.78, 5) is 11.8. The summed E-state index contributed by atoms with van der Waals surface area (Å²) in [7, 11) is 0. The molecular formula is C15H12Cl3NOS. The van der Waals surface area contributed by atoms with Gasteiger partial charge in [-0.3, -0.25) is 4.79 Å². The van der Waals surface area contributed by atoms with Crippen LogP contribution in [0.5, 0.6) is 0 Å². The summed E-state index contributed by atoms with van der Waals surface area (Å²) in [5, 5.41) is 4.36. The van der Waals surface area contributed by atoms with E-state index in [-0.39, 0.29) is 5.91 Å². The lowest BCUT2D eigenvalue weighted by Crippen LogP contribution is -2.14. The summed E-state index contributed by atoms with van der Waals surface area (Å²) in [6, 6.07) is 12.6. The van der Waals surface area contributed by atoms with Gasteiger partial charge in [0, 0.05) is 5.75 Å². The fraction of sp³-hybridized carbons (Fsp3) is 0.133. The maximum atomic E-state index is 11.8. The Kier molecular flexibility index (Phi) is 6.24. The van der Waals surface area contributed by atoms with Gasteiger partial charge < -0.3 is 5.32 Å². The van der Waals surface area contributed by atoms with Crippen LogP contribution in [-0.2, 0) is 10.5 Å². The van der Waals surface area contributed by atoms with Gasteiger partial charge in [-0.15, -0.1) is 11.8 Å². The molecule has 110 valence electrons. The number of carbonyl (C=O) groups excluding carboxylic acids is 1. The molecule has 0 saturated heterocycles. The number of nitrogens with one attached hydrogen (secondary N) is 1. The van der Waals surface area contributed by atoms with E-state index >= 15 is 0 Å². The topological polar surface area (TPSA) is 29.1 Å². The van der Waals surface area contributed by atoms with Crippen molar-refractivity contribution in [3.63, 3.8) is 0 Å². The molecule has 2 rings (SSSR count). The van der Waals surface area contributed by atoms with Gasteiger partial charge in [-0.25, -0.2) is 0 Å². The van der Waals surface area contributed by atoms with E-state index in [1.807, 2.05) is 24.3 Å². The number of rotatable bonds is 5. The average molecular weight is 361 g/mol. The third kappa shape index (κ3) is 5.11. The van der Waals surface area contributed by atoms with Gasteiger partial charge in [0.1, 0.15) is 0 Å². The predicted octanol–water partition coefficient (Wildman–Crippen LogP) is 5.52. The number of anilines is 1. The number of thioether (sulfide) groups is 1. The van der Waals surface area contributed by atoms with Crippen molar-refractivity contribution < 1.29 is 4.79 Å². The first-order valence-corrected chi connectivity index (χ1v) is 8.41. The molecule has 0 aliphatic rings. The molecule has 21 heavy (non-hydrogen) atoms. The van der Waals surface area contributed by atoms with Crippen molar-refractivity contribution in [3.8, 4) is 0 Å². The maximum absolute atomic E-state index is 11.8. The molecule has 0 heterocycles. The summed E-state index contributed by atoms with van der Waals surface area (Å²) in [5.74, 6) is 0.936. The van der Waals surface area contributed by atoms with Crippen molar-refractivity contribution in [1.82, 2.24) is 0 Å². The Morgan fingerprint density at radius 2 is 1.76 bits per heavy atom. The summed E-state index contributed by atoms with van der Waals surface area (Å²) >= 11 is 19.3. The molecule has 0 fully saturated rings. The molecule has 0 saturated carbocycles. The first kappa shape index (κ1) is 16.5. The second kappa shape index (κ2) is 7.95. The van der Waals surface area contributed by atoms with Gasteiger partial charge in [0.2, 0.25) is 5.91 Å². The van der Waals surface area contributed by atoms with Crippen LogP contribution in [0, 0.1) is 0 Å². The van der Waals surface area contributed by atoms with E-state index in [1.54, 1.807) is 18.2 Å². The fourth-order valence-corrected chi connectivity index (χ4v) is 2.92. The summed E-state index contributed by atoms with van der Waals surface area (Å²) < 4.78 is 0. The van der Waals surface area contributed by atoms with Gasteiger partial charge in [0.15, 0.2) is 0 Å². The van der Waals surface area contributed by atoms with Crippen molar-refractivity contribution in [2.45, 2.75) is 5.75 Å². The molecule has 0 aliphatic carbocycles. The largest absolute Gasteiger partial charge is 0.324 e. The van der Waals surface area contributed by atoms with Crippen LogP contribution >= 0.6 is 46.6 Å². The molecule has 1 amide bonds. The first-order valence-electron chi connectivity index (χ1n) is 6.12. The van der Waals surface area contributed by atoms with Crippen LogP contribution in [0.4, 0.5) is 5.69 Å². The normalized spacial score (nSPS) is 10.4. The van der Waals surface area contributed by atoms with Crippen LogP contribution in [0.2, 0.25) is 15.1 Å². The molecule has 2 nitrogen and oxygen atoms in total. The minimum atomic E-state index is -0.0897. The quantitative estimate of drug-likeness (QED) is 0.760. The molecule has 0 unspecified atom stereocenters. The number of halogens is 3. The maximum Gasteiger partial charge on any atom is 0.234 e. The molecule has 2 aromatic carbocycles. The zero-order valence-corrected chi connectivity index (χ0v) is 14.0. The number of hydrogen-bond acceptors (Lipinski definition) is 2. The second-order valence-corrected chi connectivity index (χ2v) is 6.48. The lowest BCUT2D eigenvalue weighted by atomic mass is 10.2. The van der Waals surface area contributed by atoms with E-state index in [2.05, 4.69) is 5.32 Å². The number of benzene rings is 2. The van der Waals surface area contributed by atoms with Crippen LogP contribution in [0.1, 0.15) is 5.56 Å². The Bertz CT molecular complexity index is 649. The van der Waals surface area contributed by atoms with E-state index in [0.29, 0.717) is 32.3 Å². The van der Waals surface area contributed by atoms with Crippen molar-refractivity contribution in [3.05, 3.63) is 63.1 Å². The SMILES string of the molecule is O=C(CSCc1ccc(Cl)c(Cl)c1)Nc1ccccc1Cl. The Labute approximate surface area is 142 Å². The number of carbonyl (C=O) groups is 1. The Balaban J connectivity index is 1.82.